The maximum absolute atomic E-state index is 14.0. The summed E-state index contributed by atoms with van der Waals surface area (Å²) in [4.78, 5) is 27.8. The van der Waals surface area contributed by atoms with Gasteiger partial charge in [0.05, 0.1) is 11.4 Å². The Labute approximate surface area is 311 Å². The number of rotatable bonds is 8. The van der Waals surface area contributed by atoms with Gasteiger partial charge in [-0.15, -0.1) is 11.3 Å². The first-order valence-electron chi connectivity index (χ1n) is 16.0. The standard InChI is InChI=1S/C18H23F2N3O3S.C17H20F2N2O3S2/c1-17(2,3)14-10-15(23(6)22-14)21-16(24)18(4,5)27(25,26)13-9-11(19)7-8-12(13)20;1-16(2,3)13-9-25-15(20-13)21-14(22)17(4,5)26(23,24)12-8-10(18)6-7-11(12)19/h7-10H,1-6H3,(H,21,24);6-9H,1-5H3,(H,20,21,22). The summed E-state index contributed by atoms with van der Waals surface area (Å²) >= 11 is 1.16. The van der Waals surface area contributed by atoms with Crippen LogP contribution in [0.15, 0.2) is 57.6 Å². The van der Waals surface area contributed by atoms with Crippen LogP contribution in [0.3, 0.4) is 0 Å². The summed E-state index contributed by atoms with van der Waals surface area (Å²) in [5.41, 5.74) is 0.950. The van der Waals surface area contributed by atoms with E-state index in [2.05, 4.69) is 20.7 Å². The molecule has 0 saturated carbocycles. The molecule has 0 saturated heterocycles. The molecule has 0 aliphatic rings. The molecular weight excluding hydrogens is 759 g/mol. The maximum atomic E-state index is 14.0. The smallest absolute Gasteiger partial charge is 0.247 e. The van der Waals surface area contributed by atoms with Gasteiger partial charge in [-0.3, -0.25) is 14.3 Å². The predicted octanol–water partition coefficient (Wildman–Crippen LogP) is 7.10. The minimum Gasteiger partial charge on any atom is -0.310 e. The number of aromatic nitrogens is 3. The second-order valence-electron chi connectivity index (χ2n) is 15.2. The molecule has 0 aliphatic heterocycles. The zero-order valence-electron chi connectivity index (χ0n) is 31.1. The number of carbonyl (C=O) groups is 2. The Balaban J connectivity index is 0.000000286. The van der Waals surface area contributed by atoms with E-state index >= 15 is 0 Å². The molecule has 2 aromatic carbocycles. The van der Waals surface area contributed by atoms with Gasteiger partial charge in [-0.2, -0.15) is 5.10 Å². The fourth-order valence-electron chi connectivity index (χ4n) is 4.30. The van der Waals surface area contributed by atoms with Crippen molar-refractivity contribution in [3.05, 3.63) is 82.5 Å². The van der Waals surface area contributed by atoms with Gasteiger partial charge >= 0.3 is 0 Å². The summed E-state index contributed by atoms with van der Waals surface area (Å²) in [5.74, 6) is -5.51. The van der Waals surface area contributed by atoms with Crippen molar-refractivity contribution < 1.29 is 44.0 Å². The van der Waals surface area contributed by atoms with Crippen LogP contribution in [0.5, 0.6) is 0 Å². The fourth-order valence-corrected chi connectivity index (χ4v) is 8.11. The first kappa shape index (κ1) is 43.2. The third-order valence-electron chi connectivity index (χ3n) is 8.19. The normalized spacial score (nSPS) is 12.9. The number of hydrogen-bond donors (Lipinski definition) is 2. The molecule has 2 aromatic heterocycles. The second kappa shape index (κ2) is 14.9. The van der Waals surface area contributed by atoms with Crippen molar-refractivity contribution in [3.8, 4) is 0 Å². The van der Waals surface area contributed by atoms with Crippen LogP contribution in [0.25, 0.3) is 0 Å². The van der Waals surface area contributed by atoms with Gasteiger partial charge in [0.1, 0.15) is 48.4 Å². The highest BCUT2D eigenvalue weighted by atomic mass is 32.2. The van der Waals surface area contributed by atoms with Crippen molar-refractivity contribution in [2.24, 2.45) is 7.05 Å². The number of sulfone groups is 2. The van der Waals surface area contributed by atoms with Crippen LogP contribution in [0, 0.1) is 23.3 Å². The number of thiazole rings is 1. The van der Waals surface area contributed by atoms with E-state index in [0.717, 1.165) is 56.9 Å². The molecular formula is C35H43F4N5O6S3. The molecule has 0 fully saturated rings. The van der Waals surface area contributed by atoms with E-state index in [9.17, 15) is 44.0 Å². The quantitative estimate of drug-likeness (QED) is 0.179. The van der Waals surface area contributed by atoms with E-state index in [1.165, 1.54) is 4.68 Å². The molecule has 4 rings (SSSR count). The van der Waals surface area contributed by atoms with Crippen LogP contribution in [0.4, 0.5) is 28.5 Å². The van der Waals surface area contributed by atoms with Crippen LogP contribution in [0.2, 0.25) is 0 Å². The molecule has 290 valence electrons. The van der Waals surface area contributed by atoms with Gasteiger partial charge in [-0.25, -0.2) is 39.4 Å². The Hall–Kier alpha value is -4.16. The van der Waals surface area contributed by atoms with Gasteiger partial charge in [0.2, 0.25) is 11.8 Å². The van der Waals surface area contributed by atoms with Gasteiger partial charge in [0, 0.05) is 29.3 Å². The largest absolute Gasteiger partial charge is 0.310 e. The Morgan fingerprint density at radius 2 is 1.08 bits per heavy atom. The molecule has 0 aliphatic carbocycles. The summed E-state index contributed by atoms with van der Waals surface area (Å²) in [5, 5.41) is 11.3. The summed E-state index contributed by atoms with van der Waals surface area (Å²) in [6.07, 6.45) is 0. The zero-order valence-corrected chi connectivity index (χ0v) is 33.6. The predicted molar refractivity (Wildman–Crippen MR) is 195 cm³/mol. The molecule has 0 spiro atoms. The highest BCUT2D eigenvalue weighted by Gasteiger charge is 2.46. The molecule has 0 bridgehead atoms. The van der Waals surface area contributed by atoms with Gasteiger partial charge in [0.25, 0.3) is 0 Å². The van der Waals surface area contributed by atoms with Gasteiger partial charge in [-0.1, -0.05) is 41.5 Å². The lowest BCUT2D eigenvalue weighted by Crippen LogP contribution is -2.45. The van der Waals surface area contributed by atoms with Crippen molar-refractivity contribution in [2.75, 3.05) is 10.6 Å². The highest BCUT2D eigenvalue weighted by Crippen LogP contribution is 2.33. The Morgan fingerprint density at radius 3 is 1.45 bits per heavy atom. The first-order valence-corrected chi connectivity index (χ1v) is 19.8. The molecule has 2 heterocycles. The average molecular weight is 802 g/mol. The average Bonchev–Trinajstić information content (AvgIpc) is 3.66. The van der Waals surface area contributed by atoms with Crippen LogP contribution >= 0.6 is 11.3 Å². The SMILES string of the molecule is CC(C)(C)c1csc(NC(=O)C(C)(C)S(=O)(=O)c2cc(F)ccc2F)n1.Cn1nc(C(C)(C)C)cc1NC(=O)C(C)(C)S(=O)(=O)c1cc(F)ccc1F. The van der Waals surface area contributed by atoms with Crippen molar-refractivity contribution in [1.29, 1.82) is 0 Å². The lowest BCUT2D eigenvalue weighted by Gasteiger charge is -2.24. The summed E-state index contributed by atoms with van der Waals surface area (Å²) < 4.78 is 103. The van der Waals surface area contributed by atoms with Crippen molar-refractivity contribution in [1.82, 2.24) is 14.8 Å². The van der Waals surface area contributed by atoms with Crippen molar-refractivity contribution in [3.63, 3.8) is 0 Å². The van der Waals surface area contributed by atoms with E-state index in [1.54, 1.807) is 18.5 Å². The minimum atomic E-state index is -4.50. The van der Waals surface area contributed by atoms with Gasteiger partial charge in [0.15, 0.2) is 24.8 Å². The highest BCUT2D eigenvalue weighted by molar-refractivity contribution is 7.94. The molecule has 0 unspecified atom stereocenters. The van der Waals surface area contributed by atoms with Gasteiger partial charge in [-0.05, 0) is 64.1 Å². The molecule has 2 N–H and O–H groups in total. The number of nitrogens with zero attached hydrogens (tertiary/aromatic N) is 3. The number of aryl methyl sites for hydroxylation is 1. The molecule has 0 atom stereocenters. The zero-order chi connectivity index (χ0) is 40.7. The van der Waals surface area contributed by atoms with Crippen molar-refractivity contribution >= 4 is 53.8 Å². The van der Waals surface area contributed by atoms with E-state index in [-0.39, 0.29) is 16.0 Å². The summed E-state index contributed by atoms with van der Waals surface area (Å²) in [6, 6.07) is 5.83. The lowest BCUT2D eigenvalue weighted by atomic mass is 9.92. The van der Waals surface area contributed by atoms with Crippen LogP contribution in [-0.2, 0) is 47.1 Å². The van der Waals surface area contributed by atoms with Gasteiger partial charge < -0.3 is 10.6 Å². The Bertz CT molecular complexity index is 2250. The number of nitrogens with one attached hydrogen (secondary N) is 2. The molecule has 11 nitrogen and oxygen atoms in total. The third-order valence-corrected chi connectivity index (χ3v) is 13.8. The molecule has 18 heteroatoms. The number of anilines is 2. The lowest BCUT2D eigenvalue weighted by molar-refractivity contribution is -0.118. The molecule has 53 heavy (non-hydrogen) atoms. The van der Waals surface area contributed by atoms with Crippen LogP contribution < -0.4 is 10.6 Å². The van der Waals surface area contributed by atoms with Crippen molar-refractivity contribution in [2.45, 2.75) is 99.4 Å². The number of hydrogen-bond acceptors (Lipinski definition) is 9. The summed E-state index contributed by atoms with van der Waals surface area (Å²) in [7, 11) is -7.38. The van der Waals surface area contributed by atoms with Crippen LogP contribution in [-0.4, -0.2) is 52.9 Å². The number of amides is 2. The van der Waals surface area contributed by atoms with E-state index in [4.69, 9.17) is 0 Å². The topological polar surface area (TPSA) is 157 Å². The van der Waals surface area contributed by atoms with E-state index in [1.807, 2.05) is 41.5 Å². The monoisotopic (exact) mass is 801 g/mol. The van der Waals surface area contributed by atoms with E-state index in [0.29, 0.717) is 35.8 Å². The second-order valence-corrected chi connectivity index (χ2v) is 21.0. The minimum absolute atomic E-state index is 0.230. The third kappa shape index (κ3) is 9.15. The van der Waals surface area contributed by atoms with E-state index < -0.39 is 74.0 Å². The maximum Gasteiger partial charge on any atom is 0.247 e. The molecule has 4 aromatic rings. The molecule has 2 amide bonds. The Kier molecular flexibility index (Phi) is 12.2. The molecule has 0 radical (unpaired) electrons. The number of benzene rings is 2. The summed E-state index contributed by atoms with van der Waals surface area (Å²) in [6.45, 7) is 16.3. The van der Waals surface area contributed by atoms with Crippen LogP contribution in [0.1, 0.15) is 80.6 Å². The number of carbonyl (C=O) groups excluding carboxylic acids is 2. The fraction of sp³-hybridized carbons (Fsp3) is 0.429. The number of halogens is 4. The Morgan fingerprint density at radius 1 is 0.660 bits per heavy atom. The first-order chi connectivity index (χ1) is 23.9.